The van der Waals surface area contributed by atoms with Gasteiger partial charge in [0.1, 0.15) is 11.9 Å². The van der Waals surface area contributed by atoms with Gasteiger partial charge in [0.05, 0.1) is 6.61 Å². The summed E-state index contributed by atoms with van der Waals surface area (Å²) in [5.74, 6) is 1.01. The fourth-order valence-corrected chi connectivity index (χ4v) is 2.64. The lowest BCUT2D eigenvalue weighted by molar-refractivity contribution is -0.145. The Morgan fingerprint density at radius 3 is 3.00 bits per heavy atom. The first kappa shape index (κ1) is 16.8. The number of aryl methyl sites for hydroxylation is 1. The van der Waals surface area contributed by atoms with Crippen LogP contribution in [0.1, 0.15) is 38.2 Å². The molecule has 1 saturated heterocycles. The smallest absolute Gasteiger partial charge is 0.251 e. The van der Waals surface area contributed by atoms with Gasteiger partial charge < -0.3 is 14.4 Å². The molecule has 1 amide bonds. The maximum absolute atomic E-state index is 12.2. The molecule has 1 aliphatic heterocycles. The molecule has 0 aliphatic carbocycles. The summed E-state index contributed by atoms with van der Waals surface area (Å²) in [5.41, 5.74) is 1.28. The summed E-state index contributed by atoms with van der Waals surface area (Å²) in [5, 5.41) is 0. The number of rotatable bonds is 7. The Balaban J connectivity index is 1.67. The second-order valence-corrected chi connectivity index (χ2v) is 5.82. The number of carbonyl (C=O) groups excluding carboxylic acids is 1. The number of ether oxygens (including phenoxy) is 2. The highest BCUT2D eigenvalue weighted by Crippen LogP contribution is 2.15. The minimum Gasteiger partial charge on any atom is -0.494 e. The van der Waals surface area contributed by atoms with E-state index in [-0.39, 0.29) is 12.0 Å². The largest absolute Gasteiger partial charge is 0.494 e. The van der Waals surface area contributed by atoms with Gasteiger partial charge in [-0.3, -0.25) is 4.79 Å². The SMILES string of the molecule is CCc1cccc(OCCCN(C)C(=O)[C@@H]2CCCCO2)c1. The summed E-state index contributed by atoms with van der Waals surface area (Å²) < 4.78 is 11.3. The Morgan fingerprint density at radius 2 is 2.27 bits per heavy atom. The average molecular weight is 305 g/mol. The first-order valence-electron chi connectivity index (χ1n) is 8.29. The summed E-state index contributed by atoms with van der Waals surface area (Å²) >= 11 is 0. The summed E-state index contributed by atoms with van der Waals surface area (Å²) in [6.07, 6.45) is 4.60. The molecular formula is C18H27NO3. The number of likely N-dealkylation sites (N-methyl/N-ethyl adjacent to an activating group) is 1. The molecule has 122 valence electrons. The van der Waals surface area contributed by atoms with Crippen LogP contribution in [0.15, 0.2) is 24.3 Å². The fourth-order valence-electron chi connectivity index (χ4n) is 2.64. The maximum Gasteiger partial charge on any atom is 0.251 e. The van der Waals surface area contributed by atoms with E-state index in [1.54, 1.807) is 4.90 Å². The summed E-state index contributed by atoms with van der Waals surface area (Å²) in [6.45, 7) is 4.16. The Kier molecular flexibility index (Phi) is 6.72. The Bertz CT molecular complexity index is 469. The molecule has 0 spiro atoms. The van der Waals surface area contributed by atoms with Gasteiger partial charge in [0.2, 0.25) is 0 Å². The second kappa shape index (κ2) is 8.79. The molecule has 0 N–H and O–H groups in total. The van der Waals surface area contributed by atoms with Crippen LogP contribution in [-0.4, -0.2) is 43.7 Å². The van der Waals surface area contributed by atoms with E-state index in [0.29, 0.717) is 19.8 Å². The van der Waals surface area contributed by atoms with E-state index in [0.717, 1.165) is 37.9 Å². The third-order valence-corrected chi connectivity index (χ3v) is 4.04. The van der Waals surface area contributed by atoms with Crippen molar-refractivity contribution in [3.8, 4) is 5.75 Å². The minimum absolute atomic E-state index is 0.104. The van der Waals surface area contributed by atoms with Crippen molar-refractivity contribution in [3.05, 3.63) is 29.8 Å². The van der Waals surface area contributed by atoms with Crippen molar-refractivity contribution in [2.45, 2.75) is 45.1 Å². The van der Waals surface area contributed by atoms with Gasteiger partial charge >= 0.3 is 0 Å². The van der Waals surface area contributed by atoms with Gasteiger partial charge in [-0.15, -0.1) is 0 Å². The van der Waals surface area contributed by atoms with Gasteiger partial charge in [0, 0.05) is 20.2 Å². The van der Waals surface area contributed by atoms with Crippen LogP contribution >= 0.6 is 0 Å². The molecule has 0 bridgehead atoms. The number of amides is 1. The number of hydrogen-bond acceptors (Lipinski definition) is 3. The summed E-state index contributed by atoms with van der Waals surface area (Å²) in [4.78, 5) is 14.0. The third-order valence-electron chi connectivity index (χ3n) is 4.04. The molecule has 2 rings (SSSR count). The highest BCUT2D eigenvalue weighted by atomic mass is 16.5. The highest BCUT2D eigenvalue weighted by Gasteiger charge is 2.24. The van der Waals surface area contributed by atoms with E-state index in [2.05, 4.69) is 19.1 Å². The van der Waals surface area contributed by atoms with Gasteiger partial charge in [0.15, 0.2) is 0 Å². The van der Waals surface area contributed by atoms with Crippen molar-refractivity contribution in [2.75, 3.05) is 26.8 Å². The van der Waals surface area contributed by atoms with Crippen molar-refractivity contribution < 1.29 is 14.3 Å². The quantitative estimate of drug-likeness (QED) is 0.727. The molecule has 0 aromatic heterocycles. The lowest BCUT2D eigenvalue weighted by atomic mass is 10.1. The van der Waals surface area contributed by atoms with Crippen LogP contribution in [0.5, 0.6) is 5.75 Å². The van der Waals surface area contributed by atoms with Crippen LogP contribution in [0, 0.1) is 0 Å². The zero-order chi connectivity index (χ0) is 15.8. The molecule has 4 heteroatoms. The van der Waals surface area contributed by atoms with Crippen molar-refractivity contribution >= 4 is 5.91 Å². The zero-order valence-corrected chi connectivity index (χ0v) is 13.7. The third kappa shape index (κ3) is 5.02. The van der Waals surface area contributed by atoms with Crippen molar-refractivity contribution in [3.63, 3.8) is 0 Å². The van der Waals surface area contributed by atoms with E-state index < -0.39 is 0 Å². The predicted molar refractivity (Wildman–Crippen MR) is 87.2 cm³/mol. The van der Waals surface area contributed by atoms with Gasteiger partial charge in [-0.2, -0.15) is 0 Å². The molecule has 1 fully saturated rings. The van der Waals surface area contributed by atoms with Crippen LogP contribution in [0.3, 0.4) is 0 Å². The topological polar surface area (TPSA) is 38.8 Å². The molecule has 1 atom stereocenters. The molecule has 1 aromatic rings. The fraction of sp³-hybridized carbons (Fsp3) is 0.611. The van der Waals surface area contributed by atoms with Crippen LogP contribution in [0.2, 0.25) is 0 Å². The van der Waals surface area contributed by atoms with Gasteiger partial charge in [-0.1, -0.05) is 19.1 Å². The van der Waals surface area contributed by atoms with E-state index in [1.165, 1.54) is 5.56 Å². The maximum atomic E-state index is 12.2. The zero-order valence-electron chi connectivity index (χ0n) is 13.7. The van der Waals surface area contributed by atoms with E-state index in [9.17, 15) is 4.79 Å². The normalized spacial score (nSPS) is 18.0. The Hall–Kier alpha value is -1.55. The Morgan fingerprint density at radius 1 is 1.41 bits per heavy atom. The van der Waals surface area contributed by atoms with Crippen LogP contribution in [0.25, 0.3) is 0 Å². The van der Waals surface area contributed by atoms with E-state index in [1.807, 2.05) is 19.2 Å². The standard InChI is InChI=1S/C18H27NO3/c1-3-15-8-6-9-16(14-15)21-13-7-11-19(2)18(20)17-10-4-5-12-22-17/h6,8-9,14,17H,3-5,7,10-13H2,1-2H3/t17-/m0/s1. The van der Waals surface area contributed by atoms with Crippen molar-refractivity contribution in [1.29, 1.82) is 0 Å². The molecule has 22 heavy (non-hydrogen) atoms. The molecule has 1 heterocycles. The average Bonchev–Trinajstić information content (AvgIpc) is 2.58. The lowest BCUT2D eigenvalue weighted by Gasteiger charge is -2.26. The minimum atomic E-state index is -0.235. The van der Waals surface area contributed by atoms with E-state index in [4.69, 9.17) is 9.47 Å². The second-order valence-electron chi connectivity index (χ2n) is 5.82. The molecule has 4 nitrogen and oxygen atoms in total. The predicted octanol–water partition coefficient (Wildman–Crippen LogP) is 3.05. The molecule has 1 aliphatic rings. The molecular weight excluding hydrogens is 278 g/mol. The monoisotopic (exact) mass is 305 g/mol. The highest BCUT2D eigenvalue weighted by molar-refractivity contribution is 5.80. The van der Waals surface area contributed by atoms with Crippen molar-refractivity contribution in [2.24, 2.45) is 0 Å². The van der Waals surface area contributed by atoms with E-state index >= 15 is 0 Å². The van der Waals surface area contributed by atoms with Gasteiger partial charge in [-0.25, -0.2) is 0 Å². The first-order valence-corrected chi connectivity index (χ1v) is 8.29. The summed E-state index contributed by atoms with van der Waals surface area (Å²) in [7, 11) is 1.85. The first-order chi connectivity index (χ1) is 10.7. The number of hydrogen-bond donors (Lipinski definition) is 0. The molecule has 0 saturated carbocycles. The Labute approximate surface area is 133 Å². The lowest BCUT2D eigenvalue weighted by Crippen LogP contribution is -2.40. The number of carbonyl (C=O) groups is 1. The van der Waals surface area contributed by atoms with Crippen LogP contribution < -0.4 is 4.74 Å². The van der Waals surface area contributed by atoms with Gasteiger partial charge in [-0.05, 0) is 49.8 Å². The number of benzene rings is 1. The van der Waals surface area contributed by atoms with Gasteiger partial charge in [0.25, 0.3) is 5.91 Å². The van der Waals surface area contributed by atoms with Crippen LogP contribution in [0.4, 0.5) is 0 Å². The molecule has 0 radical (unpaired) electrons. The molecule has 1 aromatic carbocycles. The number of nitrogens with zero attached hydrogens (tertiary/aromatic N) is 1. The molecule has 0 unspecified atom stereocenters. The van der Waals surface area contributed by atoms with Crippen LogP contribution in [-0.2, 0) is 16.0 Å². The van der Waals surface area contributed by atoms with Crippen molar-refractivity contribution in [1.82, 2.24) is 4.90 Å². The summed E-state index contributed by atoms with van der Waals surface area (Å²) in [6, 6.07) is 8.17.